The Hall–Kier alpha value is -3.53. The maximum absolute atomic E-state index is 12.0. The minimum absolute atomic E-state index is 0.185. The Balaban J connectivity index is 1.81. The number of anilines is 2. The fourth-order valence-electron chi connectivity index (χ4n) is 3.96. The Kier molecular flexibility index (Phi) is 5.47. The second-order valence-corrected chi connectivity index (χ2v) is 10.3. The summed E-state index contributed by atoms with van der Waals surface area (Å²) in [6.45, 7) is 1.65. The van der Waals surface area contributed by atoms with Crippen molar-refractivity contribution in [1.82, 2.24) is 14.8 Å². The van der Waals surface area contributed by atoms with Crippen molar-refractivity contribution in [3.63, 3.8) is 0 Å². The molecule has 0 radical (unpaired) electrons. The van der Waals surface area contributed by atoms with Crippen molar-refractivity contribution in [3.8, 4) is 5.69 Å². The van der Waals surface area contributed by atoms with Gasteiger partial charge in [-0.05, 0) is 55.0 Å². The molecule has 0 unspecified atom stereocenters. The highest BCUT2D eigenvalue weighted by Gasteiger charge is 2.29. The third kappa shape index (κ3) is 3.77. The summed E-state index contributed by atoms with van der Waals surface area (Å²) in [5.74, 6) is 1.07. The zero-order chi connectivity index (χ0) is 24.0. The molecule has 0 spiro atoms. The molecule has 3 aromatic carbocycles. The molecule has 8 nitrogen and oxygen atoms in total. The summed E-state index contributed by atoms with van der Waals surface area (Å²) in [7, 11) is -3.35. The minimum atomic E-state index is -3.35. The van der Waals surface area contributed by atoms with E-state index in [1.807, 2.05) is 41.8 Å². The Morgan fingerprint density at radius 3 is 2.32 bits per heavy atom. The Morgan fingerprint density at radius 2 is 1.68 bits per heavy atom. The van der Waals surface area contributed by atoms with Crippen LogP contribution in [-0.2, 0) is 16.4 Å². The van der Waals surface area contributed by atoms with Gasteiger partial charge in [0.1, 0.15) is 11.5 Å². The van der Waals surface area contributed by atoms with Crippen molar-refractivity contribution in [3.05, 3.63) is 94.3 Å². The highest BCUT2D eigenvalue weighted by molar-refractivity contribution is 7.90. The molecule has 0 atom stereocenters. The molecule has 0 saturated heterocycles. The topological polar surface area (TPSA) is 101 Å². The molecule has 10 heteroatoms. The van der Waals surface area contributed by atoms with Crippen LogP contribution in [0.15, 0.2) is 76.7 Å². The molecule has 0 amide bonds. The van der Waals surface area contributed by atoms with Gasteiger partial charge in [-0.2, -0.15) is 10.1 Å². The van der Waals surface area contributed by atoms with Gasteiger partial charge in [0.2, 0.25) is 0 Å². The first-order valence-corrected chi connectivity index (χ1v) is 12.6. The fourth-order valence-corrected chi connectivity index (χ4v) is 4.72. The van der Waals surface area contributed by atoms with E-state index in [9.17, 15) is 13.5 Å². The number of benzene rings is 3. The fraction of sp³-hybridized carbons (Fsp3) is 0.125. The number of aromatic nitrogens is 3. The molecule has 0 saturated carbocycles. The van der Waals surface area contributed by atoms with Gasteiger partial charge in [0.15, 0.2) is 9.84 Å². The highest BCUT2D eigenvalue weighted by Crippen LogP contribution is 2.35. The number of halogens is 1. The van der Waals surface area contributed by atoms with Gasteiger partial charge in [0.25, 0.3) is 5.95 Å². The smallest absolute Gasteiger partial charge is 0.257 e. The molecule has 1 aromatic heterocycles. The van der Waals surface area contributed by atoms with Gasteiger partial charge in [-0.15, -0.1) is 10.2 Å². The van der Waals surface area contributed by atoms with Crippen molar-refractivity contribution < 1.29 is 13.5 Å². The summed E-state index contributed by atoms with van der Waals surface area (Å²) < 4.78 is 25.8. The van der Waals surface area contributed by atoms with Crippen LogP contribution >= 0.6 is 11.6 Å². The SMILES string of the molecule is Cc1nnc2n1-c1cccc(CO)c1C(c1ccc(Cl)cc1)=NN2c1ccc(S(C)(=O)=O)cc1. The van der Waals surface area contributed by atoms with E-state index in [0.717, 1.165) is 23.1 Å². The molecule has 2 heterocycles. The number of aryl methyl sites for hydroxylation is 1. The summed E-state index contributed by atoms with van der Waals surface area (Å²) >= 11 is 6.13. The number of hydrogen-bond donors (Lipinski definition) is 1. The lowest BCUT2D eigenvalue weighted by atomic mass is 9.96. The molecule has 0 aliphatic carbocycles. The van der Waals surface area contributed by atoms with Crippen LogP contribution in [0.2, 0.25) is 5.02 Å². The normalized spacial score (nSPS) is 13.2. The van der Waals surface area contributed by atoms with Gasteiger partial charge in [-0.25, -0.2) is 8.42 Å². The van der Waals surface area contributed by atoms with Crippen molar-refractivity contribution in [2.45, 2.75) is 18.4 Å². The first kappa shape index (κ1) is 22.3. The molecule has 1 N–H and O–H groups in total. The highest BCUT2D eigenvalue weighted by atomic mass is 35.5. The largest absolute Gasteiger partial charge is 0.392 e. The van der Waals surface area contributed by atoms with E-state index in [1.54, 1.807) is 29.3 Å². The second kappa shape index (κ2) is 8.35. The van der Waals surface area contributed by atoms with Crippen LogP contribution in [0.1, 0.15) is 22.5 Å². The zero-order valence-electron chi connectivity index (χ0n) is 18.3. The van der Waals surface area contributed by atoms with Gasteiger partial charge in [-0.1, -0.05) is 35.9 Å². The van der Waals surface area contributed by atoms with E-state index >= 15 is 0 Å². The molecule has 1 aliphatic rings. The van der Waals surface area contributed by atoms with Crippen LogP contribution in [0.25, 0.3) is 5.69 Å². The number of aliphatic hydroxyl groups is 1. The Labute approximate surface area is 201 Å². The van der Waals surface area contributed by atoms with E-state index in [-0.39, 0.29) is 11.5 Å². The number of rotatable bonds is 4. The van der Waals surface area contributed by atoms with Crippen molar-refractivity contribution >= 4 is 38.8 Å². The molecular formula is C24H20ClN5O3S. The van der Waals surface area contributed by atoms with Crippen LogP contribution in [0.3, 0.4) is 0 Å². The van der Waals surface area contributed by atoms with Crippen LogP contribution in [0.5, 0.6) is 0 Å². The Morgan fingerprint density at radius 1 is 0.971 bits per heavy atom. The minimum Gasteiger partial charge on any atom is -0.392 e. The summed E-state index contributed by atoms with van der Waals surface area (Å²) in [4.78, 5) is 0.205. The molecule has 1 aliphatic heterocycles. The maximum Gasteiger partial charge on any atom is 0.257 e. The average molecular weight is 494 g/mol. The lowest BCUT2D eigenvalue weighted by molar-refractivity contribution is 0.281. The first-order valence-electron chi connectivity index (χ1n) is 10.4. The van der Waals surface area contributed by atoms with Gasteiger partial charge >= 0.3 is 0 Å². The summed E-state index contributed by atoms with van der Waals surface area (Å²) in [5, 5.41) is 26.0. The molecular weight excluding hydrogens is 474 g/mol. The maximum atomic E-state index is 12.0. The number of aliphatic hydroxyl groups excluding tert-OH is 1. The van der Waals surface area contributed by atoms with E-state index in [0.29, 0.717) is 33.8 Å². The third-order valence-electron chi connectivity index (χ3n) is 5.60. The van der Waals surface area contributed by atoms with Gasteiger partial charge < -0.3 is 5.11 Å². The predicted octanol–water partition coefficient (Wildman–Crippen LogP) is 4.03. The molecule has 5 rings (SSSR count). The van der Waals surface area contributed by atoms with Gasteiger partial charge in [-0.3, -0.25) is 4.57 Å². The molecule has 0 bridgehead atoms. The zero-order valence-corrected chi connectivity index (χ0v) is 19.9. The lowest BCUT2D eigenvalue weighted by Gasteiger charge is -2.18. The first-order chi connectivity index (χ1) is 16.3. The number of hydrogen-bond acceptors (Lipinski definition) is 7. The summed E-state index contributed by atoms with van der Waals surface area (Å²) in [6.07, 6.45) is 1.16. The van der Waals surface area contributed by atoms with Crippen molar-refractivity contribution in [2.75, 3.05) is 11.3 Å². The van der Waals surface area contributed by atoms with Crippen LogP contribution in [0, 0.1) is 6.92 Å². The summed E-state index contributed by atoms with van der Waals surface area (Å²) in [6, 6.07) is 19.4. The molecule has 34 heavy (non-hydrogen) atoms. The number of hydrazone groups is 1. The average Bonchev–Trinajstić information content (AvgIpc) is 3.13. The van der Waals surface area contributed by atoms with Crippen molar-refractivity contribution in [2.24, 2.45) is 5.10 Å². The van der Waals surface area contributed by atoms with Gasteiger partial charge in [0, 0.05) is 22.4 Å². The van der Waals surface area contributed by atoms with E-state index in [4.69, 9.17) is 16.7 Å². The van der Waals surface area contributed by atoms with Crippen LogP contribution in [0.4, 0.5) is 11.6 Å². The van der Waals surface area contributed by atoms with E-state index in [1.165, 1.54) is 12.1 Å². The molecule has 172 valence electrons. The number of sulfone groups is 1. The molecule has 4 aromatic rings. The number of nitrogens with zero attached hydrogens (tertiary/aromatic N) is 5. The second-order valence-electron chi connectivity index (χ2n) is 7.89. The standard InChI is InChI=1S/C24H20ClN5O3S/c1-15-26-27-24-29(15)21-5-3-4-17(14-31)22(21)23(16-6-8-18(25)9-7-16)28-30(24)19-10-12-20(13-11-19)34(2,32)33/h3-13,31H,14H2,1-2H3. The van der Waals surface area contributed by atoms with E-state index in [2.05, 4.69) is 10.2 Å². The van der Waals surface area contributed by atoms with Crippen molar-refractivity contribution in [1.29, 1.82) is 0 Å². The van der Waals surface area contributed by atoms with E-state index < -0.39 is 9.84 Å². The lowest BCUT2D eigenvalue weighted by Crippen LogP contribution is -2.16. The van der Waals surface area contributed by atoms with Crippen LogP contribution < -0.4 is 5.01 Å². The predicted molar refractivity (Wildman–Crippen MR) is 131 cm³/mol. The third-order valence-corrected chi connectivity index (χ3v) is 6.98. The number of fused-ring (bicyclic) bond motifs is 3. The molecule has 0 fully saturated rings. The Bertz CT molecular complexity index is 1530. The quantitative estimate of drug-likeness (QED) is 0.460. The van der Waals surface area contributed by atoms with Crippen LogP contribution in [-0.4, -0.2) is 40.3 Å². The van der Waals surface area contributed by atoms with Gasteiger partial charge in [0.05, 0.1) is 22.9 Å². The monoisotopic (exact) mass is 493 g/mol. The summed E-state index contributed by atoms with van der Waals surface area (Å²) in [5.41, 5.74) is 4.21.